The number of benzene rings is 1. The molecule has 0 radical (unpaired) electrons. The Balaban J connectivity index is 2.79. The van der Waals surface area contributed by atoms with Crippen LogP contribution in [0, 0.1) is 0 Å². The average molecular weight is 329 g/mol. The standard InChI is InChI=1S/C13H20N3O5P/c1-8(14)11(17)13(22(19,20)21)16-12(18)10(15)7-9-5-3-2-4-6-9/h2-6,8,10,13H,7,14-15H2,1H3,(H,16,18)(H2,19,20,21)/t8-,10-,13?/m0/s1. The summed E-state index contributed by atoms with van der Waals surface area (Å²) in [7, 11) is -4.88. The van der Waals surface area contributed by atoms with E-state index in [1.165, 1.54) is 6.92 Å². The third-order valence-corrected chi connectivity index (χ3v) is 4.03. The number of carbonyl (C=O) groups is 2. The van der Waals surface area contributed by atoms with Gasteiger partial charge >= 0.3 is 7.60 Å². The lowest BCUT2D eigenvalue weighted by atomic mass is 10.1. The van der Waals surface area contributed by atoms with Crippen molar-refractivity contribution in [2.24, 2.45) is 11.5 Å². The summed E-state index contributed by atoms with van der Waals surface area (Å²) in [5.41, 5.74) is 11.8. The van der Waals surface area contributed by atoms with Crippen LogP contribution in [0.2, 0.25) is 0 Å². The molecule has 0 saturated carbocycles. The second-order valence-electron chi connectivity index (χ2n) is 4.99. The van der Waals surface area contributed by atoms with Gasteiger partial charge in [0.2, 0.25) is 5.91 Å². The number of ketones is 1. The molecule has 9 heteroatoms. The van der Waals surface area contributed by atoms with Crippen molar-refractivity contribution in [2.45, 2.75) is 31.2 Å². The van der Waals surface area contributed by atoms with Crippen LogP contribution < -0.4 is 16.8 Å². The van der Waals surface area contributed by atoms with Crippen molar-refractivity contribution in [1.29, 1.82) is 0 Å². The second-order valence-corrected chi connectivity index (χ2v) is 6.68. The molecule has 1 rings (SSSR count). The minimum absolute atomic E-state index is 0.174. The summed E-state index contributed by atoms with van der Waals surface area (Å²) in [5, 5.41) is 2.00. The van der Waals surface area contributed by atoms with Gasteiger partial charge in [-0.25, -0.2) is 0 Å². The predicted molar refractivity (Wildman–Crippen MR) is 80.8 cm³/mol. The van der Waals surface area contributed by atoms with Crippen molar-refractivity contribution in [2.75, 3.05) is 0 Å². The van der Waals surface area contributed by atoms with E-state index >= 15 is 0 Å². The normalized spacial score (nSPS) is 15.7. The van der Waals surface area contributed by atoms with Crippen molar-refractivity contribution in [3.05, 3.63) is 35.9 Å². The Bertz CT molecular complexity index is 572. The number of carbonyl (C=O) groups excluding carboxylic acids is 2. The number of Topliss-reactive ketones (excluding diaryl/α,β-unsaturated/α-hetero) is 1. The lowest BCUT2D eigenvalue weighted by Crippen LogP contribution is -2.52. The van der Waals surface area contributed by atoms with Gasteiger partial charge in [0, 0.05) is 0 Å². The molecule has 0 aliphatic rings. The first-order valence-corrected chi connectivity index (χ1v) is 8.25. The fourth-order valence-electron chi connectivity index (χ4n) is 1.77. The van der Waals surface area contributed by atoms with E-state index in [9.17, 15) is 23.9 Å². The highest BCUT2D eigenvalue weighted by Gasteiger charge is 2.39. The minimum Gasteiger partial charge on any atom is -0.335 e. The summed E-state index contributed by atoms with van der Waals surface area (Å²) < 4.78 is 11.4. The lowest BCUT2D eigenvalue weighted by Gasteiger charge is -2.22. The molecule has 8 nitrogen and oxygen atoms in total. The van der Waals surface area contributed by atoms with Gasteiger partial charge < -0.3 is 26.6 Å². The largest absolute Gasteiger partial charge is 0.355 e. The molecule has 0 heterocycles. The van der Waals surface area contributed by atoms with Crippen LogP contribution in [0.4, 0.5) is 0 Å². The maximum Gasteiger partial charge on any atom is 0.355 e. The number of rotatable bonds is 7. The fourth-order valence-corrected chi connectivity index (χ4v) is 2.63. The van der Waals surface area contributed by atoms with Crippen LogP contribution >= 0.6 is 7.60 Å². The monoisotopic (exact) mass is 329 g/mol. The van der Waals surface area contributed by atoms with Gasteiger partial charge in [0.15, 0.2) is 11.6 Å². The third kappa shape index (κ3) is 5.32. The molecule has 22 heavy (non-hydrogen) atoms. The summed E-state index contributed by atoms with van der Waals surface area (Å²) in [4.78, 5) is 42.1. The zero-order valence-corrected chi connectivity index (χ0v) is 12.9. The van der Waals surface area contributed by atoms with Crippen LogP contribution in [0.3, 0.4) is 0 Å². The summed E-state index contributed by atoms with van der Waals surface area (Å²) in [6.07, 6.45) is 0.174. The molecule has 1 aromatic carbocycles. The number of nitrogens with two attached hydrogens (primary N) is 2. The maximum absolute atomic E-state index is 12.0. The molecule has 1 amide bonds. The van der Waals surface area contributed by atoms with Crippen LogP contribution in [0.1, 0.15) is 12.5 Å². The Morgan fingerprint density at radius 2 is 1.77 bits per heavy atom. The molecule has 1 aromatic rings. The van der Waals surface area contributed by atoms with E-state index in [0.29, 0.717) is 0 Å². The summed E-state index contributed by atoms with van der Waals surface area (Å²) >= 11 is 0. The number of nitrogens with one attached hydrogen (secondary N) is 1. The van der Waals surface area contributed by atoms with E-state index in [2.05, 4.69) is 0 Å². The maximum atomic E-state index is 12.0. The molecule has 0 spiro atoms. The van der Waals surface area contributed by atoms with Crippen LogP contribution in [-0.4, -0.2) is 39.3 Å². The molecular formula is C13H20N3O5P. The lowest BCUT2D eigenvalue weighted by molar-refractivity contribution is -0.127. The number of hydrogen-bond acceptors (Lipinski definition) is 5. The Kier molecular flexibility index (Phi) is 6.40. The summed E-state index contributed by atoms with van der Waals surface area (Å²) in [6, 6.07) is 6.72. The molecule has 0 fully saturated rings. The van der Waals surface area contributed by atoms with Gasteiger partial charge in [-0.05, 0) is 18.9 Å². The van der Waals surface area contributed by atoms with E-state index in [0.717, 1.165) is 5.56 Å². The first-order valence-electron chi connectivity index (χ1n) is 6.57. The topological polar surface area (TPSA) is 156 Å². The van der Waals surface area contributed by atoms with E-state index in [1.807, 2.05) is 5.32 Å². The molecule has 0 saturated heterocycles. The molecule has 7 N–H and O–H groups in total. The minimum atomic E-state index is -4.88. The van der Waals surface area contributed by atoms with E-state index in [4.69, 9.17) is 11.5 Å². The van der Waals surface area contributed by atoms with Gasteiger partial charge in [0.1, 0.15) is 0 Å². The van der Waals surface area contributed by atoms with Gasteiger partial charge in [0.25, 0.3) is 0 Å². The third-order valence-electron chi connectivity index (χ3n) is 2.97. The van der Waals surface area contributed by atoms with Crippen molar-refractivity contribution in [3.8, 4) is 0 Å². The zero-order valence-electron chi connectivity index (χ0n) is 12.0. The van der Waals surface area contributed by atoms with E-state index < -0.39 is 37.2 Å². The van der Waals surface area contributed by atoms with Crippen molar-refractivity contribution in [3.63, 3.8) is 0 Å². The first-order chi connectivity index (χ1) is 10.1. The molecule has 0 aliphatic heterocycles. The molecule has 0 aliphatic carbocycles. The van der Waals surface area contributed by atoms with Gasteiger partial charge in [0.05, 0.1) is 12.1 Å². The van der Waals surface area contributed by atoms with Crippen molar-refractivity contribution >= 4 is 19.3 Å². The molecule has 1 unspecified atom stereocenters. The second kappa shape index (κ2) is 7.62. The average Bonchev–Trinajstić information content (AvgIpc) is 2.43. The molecule has 3 atom stereocenters. The number of hydrogen-bond donors (Lipinski definition) is 5. The zero-order chi connectivity index (χ0) is 16.9. The van der Waals surface area contributed by atoms with Gasteiger partial charge in [-0.3, -0.25) is 14.2 Å². The van der Waals surface area contributed by atoms with Crippen LogP contribution in [0.5, 0.6) is 0 Å². The Morgan fingerprint density at radius 1 is 1.23 bits per heavy atom. The summed E-state index contributed by atoms with van der Waals surface area (Å²) in [6.45, 7) is 1.28. The molecular weight excluding hydrogens is 309 g/mol. The van der Waals surface area contributed by atoms with Crippen LogP contribution in [0.15, 0.2) is 30.3 Å². The van der Waals surface area contributed by atoms with Crippen LogP contribution in [0.25, 0.3) is 0 Å². The van der Waals surface area contributed by atoms with Crippen molar-refractivity contribution in [1.82, 2.24) is 5.32 Å². The SMILES string of the molecule is C[C@H](N)C(=O)C(NC(=O)[C@@H](N)Cc1ccccc1)P(=O)(O)O. The quantitative estimate of drug-likeness (QED) is 0.405. The number of amides is 1. The smallest absolute Gasteiger partial charge is 0.335 e. The predicted octanol–water partition coefficient (Wildman–Crippen LogP) is -0.907. The van der Waals surface area contributed by atoms with Gasteiger partial charge in [-0.1, -0.05) is 30.3 Å². The first kappa shape index (κ1) is 18.5. The summed E-state index contributed by atoms with van der Waals surface area (Å²) in [5.74, 6) is -3.76. The molecule has 0 bridgehead atoms. The van der Waals surface area contributed by atoms with E-state index in [-0.39, 0.29) is 6.42 Å². The highest BCUT2D eigenvalue weighted by atomic mass is 31.2. The fraction of sp³-hybridized carbons (Fsp3) is 0.385. The Labute approximate surface area is 128 Å². The van der Waals surface area contributed by atoms with E-state index in [1.54, 1.807) is 30.3 Å². The Morgan fingerprint density at radius 3 is 2.23 bits per heavy atom. The van der Waals surface area contributed by atoms with Gasteiger partial charge in [-0.2, -0.15) is 0 Å². The van der Waals surface area contributed by atoms with Crippen molar-refractivity contribution < 1.29 is 23.9 Å². The molecule has 122 valence electrons. The molecule has 0 aromatic heterocycles. The highest BCUT2D eigenvalue weighted by molar-refractivity contribution is 7.53. The van der Waals surface area contributed by atoms with Gasteiger partial charge in [-0.15, -0.1) is 0 Å². The highest BCUT2D eigenvalue weighted by Crippen LogP contribution is 2.40. The Hall–Kier alpha value is -1.57. The van der Waals surface area contributed by atoms with Crippen LogP contribution in [-0.2, 0) is 20.6 Å².